The van der Waals surface area contributed by atoms with E-state index >= 15 is 0 Å². The van der Waals surface area contributed by atoms with Gasteiger partial charge < -0.3 is 5.11 Å². The molecule has 4 nitrogen and oxygen atoms in total. The zero-order chi connectivity index (χ0) is 15.6. The molecule has 0 radical (unpaired) electrons. The molecule has 112 valence electrons. The second-order valence-corrected chi connectivity index (χ2v) is 6.36. The Kier molecular flexibility index (Phi) is 5.22. The fourth-order valence-electron chi connectivity index (χ4n) is 1.79. The van der Waals surface area contributed by atoms with E-state index in [2.05, 4.69) is 4.98 Å². The van der Waals surface area contributed by atoms with Crippen LogP contribution in [0.15, 0.2) is 23.6 Å². The summed E-state index contributed by atoms with van der Waals surface area (Å²) in [5, 5.41) is 13.5. The molecule has 0 aliphatic carbocycles. The minimum Gasteiger partial charge on any atom is -0.388 e. The molecule has 7 heteroatoms. The van der Waals surface area contributed by atoms with Gasteiger partial charge in [0.1, 0.15) is 0 Å². The lowest BCUT2D eigenvalue weighted by molar-refractivity contribution is -0.120. The summed E-state index contributed by atoms with van der Waals surface area (Å²) in [6, 6.07) is 4.77. The number of carbonyl (C=O) groups is 1. The summed E-state index contributed by atoms with van der Waals surface area (Å²) in [5.41, 5.74) is 1.38. The summed E-state index contributed by atoms with van der Waals surface area (Å²) in [5.74, 6) is -0.229. The molecular formula is C14H14Cl2N2O2S. The second kappa shape index (κ2) is 6.75. The summed E-state index contributed by atoms with van der Waals surface area (Å²) in [6.45, 7) is 1.86. The third kappa shape index (κ3) is 4.17. The van der Waals surface area contributed by atoms with Gasteiger partial charge in [0.2, 0.25) is 5.91 Å². The number of hydrogen-bond donors (Lipinski definition) is 1. The first kappa shape index (κ1) is 16.2. The number of benzene rings is 1. The van der Waals surface area contributed by atoms with Crippen LogP contribution in [0.3, 0.4) is 0 Å². The van der Waals surface area contributed by atoms with Crippen molar-refractivity contribution in [3.8, 4) is 0 Å². The van der Waals surface area contributed by atoms with Gasteiger partial charge in [0, 0.05) is 22.5 Å². The predicted octanol–water partition coefficient (Wildman–Crippen LogP) is 3.84. The first-order valence-electron chi connectivity index (χ1n) is 6.19. The molecular weight excluding hydrogens is 331 g/mol. The number of amides is 1. The third-order valence-electron chi connectivity index (χ3n) is 2.91. The molecule has 0 spiro atoms. The van der Waals surface area contributed by atoms with Gasteiger partial charge in [-0.1, -0.05) is 23.2 Å². The van der Waals surface area contributed by atoms with Crippen LogP contribution in [0, 0.1) is 6.92 Å². The minimum atomic E-state index is -0.961. The Morgan fingerprint density at radius 2 is 2.00 bits per heavy atom. The number of carbonyl (C=O) groups excluding carboxylic acids is 1. The van der Waals surface area contributed by atoms with Crippen LogP contribution in [-0.4, -0.2) is 23.0 Å². The Balaban J connectivity index is 2.08. The highest BCUT2D eigenvalue weighted by molar-refractivity contribution is 7.14. The molecule has 0 aliphatic heterocycles. The van der Waals surface area contributed by atoms with Crippen molar-refractivity contribution < 1.29 is 9.90 Å². The lowest BCUT2D eigenvalue weighted by Crippen LogP contribution is -2.27. The van der Waals surface area contributed by atoms with Crippen LogP contribution in [0.1, 0.15) is 23.8 Å². The van der Waals surface area contributed by atoms with Crippen LogP contribution in [0.25, 0.3) is 0 Å². The van der Waals surface area contributed by atoms with Crippen LogP contribution in [0.4, 0.5) is 5.13 Å². The van der Waals surface area contributed by atoms with E-state index in [1.807, 2.05) is 12.3 Å². The Hall–Kier alpha value is -1.14. The van der Waals surface area contributed by atoms with E-state index in [1.54, 1.807) is 25.2 Å². The van der Waals surface area contributed by atoms with E-state index in [1.165, 1.54) is 16.2 Å². The maximum atomic E-state index is 12.2. The van der Waals surface area contributed by atoms with Gasteiger partial charge >= 0.3 is 0 Å². The van der Waals surface area contributed by atoms with E-state index in [0.29, 0.717) is 20.7 Å². The fourth-order valence-corrected chi connectivity index (χ4v) is 3.12. The van der Waals surface area contributed by atoms with Crippen LogP contribution in [0.2, 0.25) is 10.0 Å². The molecule has 0 saturated carbocycles. The number of aliphatic hydroxyl groups excluding tert-OH is 1. The summed E-state index contributed by atoms with van der Waals surface area (Å²) in [7, 11) is 1.64. The number of anilines is 1. The van der Waals surface area contributed by atoms with Gasteiger partial charge in [-0.05, 0) is 30.7 Å². The number of aliphatic hydroxyl groups is 1. The van der Waals surface area contributed by atoms with Gasteiger partial charge in [0.25, 0.3) is 0 Å². The molecule has 2 rings (SSSR count). The zero-order valence-electron chi connectivity index (χ0n) is 11.5. The molecule has 0 bridgehead atoms. The molecule has 0 saturated heterocycles. The Bertz CT molecular complexity index is 640. The topological polar surface area (TPSA) is 53.4 Å². The molecule has 1 amide bonds. The van der Waals surface area contributed by atoms with Gasteiger partial charge in [0.15, 0.2) is 5.13 Å². The van der Waals surface area contributed by atoms with Crippen molar-refractivity contribution in [2.75, 3.05) is 11.9 Å². The smallest absolute Gasteiger partial charge is 0.231 e. The highest BCUT2D eigenvalue weighted by Gasteiger charge is 2.19. The van der Waals surface area contributed by atoms with E-state index in [9.17, 15) is 9.90 Å². The van der Waals surface area contributed by atoms with E-state index in [0.717, 1.165) is 5.69 Å². The van der Waals surface area contributed by atoms with Crippen LogP contribution in [0.5, 0.6) is 0 Å². The normalized spacial score (nSPS) is 12.2. The zero-order valence-corrected chi connectivity index (χ0v) is 13.8. The first-order chi connectivity index (χ1) is 9.86. The lowest BCUT2D eigenvalue weighted by atomic mass is 10.1. The standard InChI is InChI=1S/C14H14Cl2N2O2S/c1-8-7-21-14(17-8)18(2)13(20)6-12(19)9-3-10(15)5-11(16)4-9/h3-5,7,12,19H,6H2,1-2H3. The van der Waals surface area contributed by atoms with Crippen LogP contribution in [-0.2, 0) is 4.79 Å². The van der Waals surface area contributed by atoms with Gasteiger partial charge in [-0.15, -0.1) is 11.3 Å². The largest absolute Gasteiger partial charge is 0.388 e. The lowest BCUT2D eigenvalue weighted by Gasteiger charge is -2.17. The molecule has 1 atom stereocenters. The number of thiazole rings is 1. The molecule has 1 aromatic carbocycles. The maximum Gasteiger partial charge on any atom is 0.231 e. The van der Waals surface area contributed by atoms with E-state index in [-0.39, 0.29) is 12.3 Å². The quantitative estimate of drug-likeness (QED) is 0.916. The number of aromatic nitrogens is 1. The summed E-state index contributed by atoms with van der Waals surface area (Å²) < 4.78 is 0. The number of rotatable bonds is 4. The van der Waals surface area contributed by atoms with Gasteiger partial charge in [-0.3, -0.25) is 9.69 Å². The third-order valence-corrected chi connectivity index (χ3v) is 4.38. The Morgan fingerprint density at radius 3 is 2.52 bits per heavy atom. The molecule has 0 fully saturated rings. The van der Waals surface area contributed by atoms with Crippen molar-refractivity contribution >= 4 is 45.6 Å². The van der Waals surface area contributed by atoms with Crippen molar-refractivity contribution in [1.29, 1.82) is 0 Å². The average Bonchev–Trinajstić information content (AvgIpc) is 2.83. The maximum absolute atomic E-state index is 12.2. The highest BCUT2D eigenvalue weighted by atomic mass is 35.5. The second-order valence-electron chi connectivity index (χ2n) is 4.65. The van der Waals surface area contributed by atoms with Crippen molar-refractivity contribution in [2.45, 2.75) is 19.4 Å². The summed E-state index contributed by atoms with van der Waals surface area (Å²) in [6.07, 6.45) is -1.02. The highest BCUT2D eigenvalue weighted by Crippen LogP contribution is 2.27. The molecule has 2 aromatic rings. The monoisotopic (exact) mass is 344 g/mol. The Labute approximate surface area is 136 Å². The van der Waals surface area contributed by atoms with Crippen molar-refractivity contribution in [3.05, 3.63) is 44.9 Å². The van der Waals surface area contributed by atoms with Gasteiger partial charge in [0.05, 0.1) is 18.2 Å². The van der Waals surface area contributed by atoms with E-state index < -0.39 is 6.10 Å². The number of aryl methyl sites for hydroxylation is 1. The fraction of sp³-hybridized carbons (Fsp3) is 0.286. The summed E-state index contributed by atoms with van der Waals surface area (Å²) >= 11 is 13.2. The van der Waals surface area contributed by atoms with E-state index in [4.69, 9.17) is 23.2 Å². The number of hydrogen-bond acceptors (Lipinski definition) is 4. The van der Waals surface area contributed by atoms with Gasteiger partial charge in [-0.2, -0.15) is 0 Å². The van der Waals surface area contributed by atoms with Crippen LogP contribution < -0.4 is 4.90 Å². The van der Waals surface area contributed by atoms with Gasteiger partial charge in [-0.25, -0.2) is 4.98 Å². The summed E-state index contributed by atoms with van der Waals surface area (Å²) in [4.78, 5) is 17.9. The first-order valence-corrected chi connectivity index (χ1v) is 7.83. The Morgan fingerprint density at radius 1 is 1.38 bits per heavy atom. The number of nitrogens with zero attached hydrogens (tertiary/aromatic N) is 2. The van der Waals surface area contributed by atoms with Crippen molar-refractivity contribution in [3.63, 3.8) is 0 Å². The predicted molar refractivity (Wildman–Crippen MR) is 86.3 cm³/mol. The molecule has 21 heavy (non-hydrogen) atoms. The van der Waals surface area contributed by atoms with Crippen LogP contribution >= 0.6 is 34.5 Å². The molecule has 0 aliphatic rings. The number of halogens is 2. The molecule has 1 unspecified atom stereocenters. The molecule has 1 aromatic heterocycles. The van der Waals surface area contributed by atoms with Crippen molar-refractivity contribution in [1.82, 2.24) is 4.98 Å². The SMILES string of the molecule is Cc1csc(N(C)C(=O)CC(O)c2cc(Cl)cc(Cl)c2)n1. The minimum absolute atomic E-state index is 0.0637. The molecule has 1 N–H and O–H groups in total. The average molecular weight is 345 g/mol. The van der Waals surface area contributed by atoms with Crippen molar-refractivity contribution in [2.24, 2.45) is 0 Å². The molecule has 1 heterocycles.